The molecule has 1 saturated carbocycles. The molecule has 1 fully saturated rings. The molecule has 1 aromatic heterocycles. The molecule has 0 saturated heterocycles. The molecule has 1 N–H and O–H groups in total. The standard InChI is InChI=1S/C17H29NS/c1-4-13-8-7-9-14(12-13)17(18-6-3)16-11-10-15(5-2)19-16/h10-11,13-14,17-18H,4-9,12H2,1-3H3. The fourth-order valence-corrected chi connectivity index (χ4v) is 4.60. The molecule has 1 aliphatic rings. The van der Waals surface area contributed by atoms with Gasteiger partial charge in [-0.15, -0.1) is 11.3 Å². The van der Waals surface area contributed by atoms with Crippen molar-refractivity contribution in [3.63, 3.8) is 0 Å². The molecular formula is C17H29NS. The lowest BCUT2D eigenvalue weighted by atomic mass is 9.76. The first-order chi connectivity index (χ1) is 9.28. The highest BCUT2D eigenvalue weighted by molar-refractivity contribution is 7.12. The van der Waals surface area contributed by atoms with E-state index in [9.17, 15) is 0 Å². The Labute approximate surface area is 122 Å². The molecule has 1 aromatic rings. The maximum atomic E-state index is 3.76. The van der Waals surface area contributed by atoms with Crippen molar-refractivity contribution in [2.24, 2.45) is 11.8 Å². The highest BCUT2D eigenvalue weighted by Gasteiger charge is 2.29. The summed E-state index contributed by atoms with van der Waals surface area (Å²) in [5.74, 6) is 1.81. The molecule has 0 amide bonds. The minimum atomic E-state index is 0.602. The average Bonchev–Trinajstić information content (AvgIpc) is 2.93. The SMILES string of the molecule is CCNC(c1ccc(CC)s1)C1CCCC(CC)C1. The predicted molar refractivity (Wildman–Crippen MR) is 85.9 cm³/mol. The summed E-state index contributed by atoms with van der Waals surface area (Å²) in [6.07, 6.45) is 8.25. The van der Waals surface area contributed by atoms with Crippen molar-refractivity contribution in [2.45, 2.75) is 65.3 Å². The Morgan fingerprint density at radius 3 is 2.74 bits per heavy atom. The lowest BCUT2D eigenvalue weighted by Gasteiger charge is -2.34. The number of thiophene rings is 1. The van der Waals surface area contributed by atoms with Gasteiger partial charge in [-0.3, -0.25) is 0 Å². The van der Waals surface area contributed by atoms with Crippen LogP contribution in [0.4, 0.5) is 0 Å². The molecule has 0 spiro atoms. The highest BCUT2D eigenvalue weighted by atomic mass is 32.1. The molecule has 3 atom stereocenters. The van der Waals surface area contributed by atoms with E-state index in [2.05, 4.69) is 38.2 Å². The van der Waals surface area contributed by atoms with Gasteiger partial charge in [0.05, 0.1) is 0 Å². The van der Waals surface area contributed by atoms with Gasteiger partial charge in [-0.2, -0.15) is 0 Å². The van der Waals surface area contributed by atoms with Crippen LogP contribution in [0.1, 0.15) is 68.7 Å². The summed E-state index contributed by atoms with van der Waals surface area (Å²) in [4.78, 5) is 3.10. The van der Waals surface area contributed by atoms with Crippen LogP contribution in [-0.4, -0.2) is 6.54 Å². The van der Waals surface area contributed by atoms with E-state index in [1.54, 1.807) is 4.88 Å². The van der Waals surface area contributed by atoms with Crippen LogP contribution < -0.4 is 5.32 Å². The Hall–Kier alpha value is -0.340. The third-order valence-corrected chi connectivity index (χ3v) is 5.95. The molecular weight excluding hydrogens is 250 g/mol. The maximum Gasteiger partial charge on any atom is 0.0443 e. The van der Waals surface area contributed by atoms with E-state index < -0.39 is 0 Å². The van der Waals surface area contributed by atoms with Crippen molar-refractivity contribution in [1.29, 1.82) is 0 Å². The molecule has 1 heterocycles. The molecule has 0 radical (unpaired) electrons. The lowest BCUT2D eigenvalue weighted by molar-refractivity contribution is 0.212. The van der Waals surface area contributed by atoms with Crippen LogP contribution in [0.2, 0.25) is 0 Å². The van der Waals surface area contributed by atoms with Gasteiger partial charge in [0.2, 0.25) is 0 Å². The number of aryl methyl sites for hydroxylation is 1. The van der Waals surface area contributed by atoms with Crippen LogP contribution in [0.5, 0.6) is 0 Å². The Morgan fingerprint density at radius 2 is 2.11 bits per heavy atom. The second-order valence-electron chi connectivity index (χ2n) is 5.89. The van der Waals surface area contributed by atoms with Gasteiger partial charge in [0.25, 0.3) is 0 Å². The van der Waals surface area contributed by atoms with Crippen LogP contribution in [0, 0.1) is 11.8 Å². The van der Waals surface area contributed by atoms with E-state index in [1.807, 2.05) is 11.3 Å². The average molecular weight is 279 g/mol. The Balaban J connectivity index is 2.10. The first-order valence-electron chi connectivity index (χ1n) is 8.10. The number of nitrogens with one attached hydrogen (secondary N) is 1. The van der Waals surface area contributed by atoms with E-state index in [-0.39, 0.29) is 0 Å². The van der Waals surface area contributed by atoms with Crippen LogP contribution in [0.3, 0.4) is 0 Å². The molecule has 108 valence electrons. The summed E-state index contributed by atoms with van der Waals surface area (Å²) >= 11 is 2.02. The monoisotopic (exact) mass is 279 g/mol. The van der Waals surface area contributed by atoms with E-state index in [0.717, 1.165) is 18.4 Å². The van der Waals surface area contributed by atoms with Crippen LogP contribution in [0.15, 0.2) is 12.1 Å². The zero-order chi connectivity index (χ0) is 13.7. The normalized spacial score (nSPS) is 25.4. The summed E-state index contributed by atoms with van der Waals surface area (Å²) in [5.41, 5.74) is 0. The van der Waals surface area contributed by atoms with E-state index in [4.69, 9.17) is 0 Å². The van der Waals surface area contributed by atoms with Crippen molar-refractivity contribution < 1.29 is 0 Å². The van der Waals surface area contributed by atoms with Gasteiger partial charge < -0.3 is 5.32 Å². The van der Waals surface area contributed by atoms with Crippen molar-refractivity contribution in [1.82, 2.24) is 5.32 Å². The van der Waals surface area contributed by atoms with E-state index in [0.29, 0.717) is 6.04 Å². The second-order valence-corrected chi connectivity index (χ2v) is 7.09. The van der Waals surface area contributed by atoms with Gasteiger partial charge in [-0.1, -0.05) is 40.0 Å². The molecule has 1 aliphatic carbocycles. The van der Waals surface area contributed by atoms with Gasteiger partial charge in [0, 0.05) is 15.8 Å². The summed E-state index contributed by atoms with van der Waals surface area (Å²) in [5, 5.41) is 3.76. The number of hydrogen-bond donors (Lipinski definition) is 1. The minimum Gasteiger partial charge on any atom is -0.309 e. The van der Waals surface area contributed by atoms with Crippen LogP contribution >= 0.6 is 11.3 Å². The molecule has 0 aromatic carbocycles. The van der Waals surface area contributed by atoms with Gasteiger partial charge >= 0.3 is 0 Å². The maximum absolute atomic E-state index is 3.76. The summed E-state index contributed by atoms with van der Waals surface area (Å²) in [6, 6.07) is 5.29. The van der Waals surface area contributed by atoms with Gasteiger partial charge in [-0.05, 0) is 49.8 Å². The molecule has 0 aliphatic heterocycles. The smallest absolute Gasteiger partial charge is 0.0443 e. The Kier molecular flexibility index (Phi) is 5.90. The molecule has 2 heteroatoms. The lowest BCUT2D eigenvalue weighted by Crippen LogP contribution is -2.31. The number of rotatable bonds is 6. The molecule has 0 bridgehead atoms. The van der Waals surface area contributed by atoms with E-state index >= 15 is 0 Å². The third kappa shape index (κ3) is 3.82. The first-order valence-corrected chi connectivity index (χ1v) is 8.92. The largest absolute Gasteiger partial charge is 0.309 e. The minimum absolute atomic E-state index is 0.602. The molecule has 1 nitrogen and oxygen atoms in total. The number of hydrogen-bond acceptors (Lipinski definition) is 2. The predicted octanol–water partition coefficient (Wildman–Crippen LogP) is 5.18. The van der Waals surface area contributed by atoms with Crippen LogP contribution in [0.25, 0.3) is 0 Å². The third-order valence-electron chi connectivity index (χ3n) is 4.63. The van der Waals surface area contributed by atoms with Crippen molar-refractivity contribution >= 4 is 11.3 Å². The zero-order valence-corrected chi connectivity index (χ0v) is 13.6. The first kappa shape index (κ1) is 15.1. The summed E-state index contributed by atoms with van der Waals surface area (Å²) in [6.45, 7) is 7.93. The Morgan fingerprint density at radius 1 is 1.26 bits per heavy atom. The molecule has 3 unspecified atom stereocenters. The quantitative estimate of drug-likeness (QED) is 0.756. The summed E-state index contributed by atoms with van der Waals surface area (Å²) in [7, 11) is 0. The van der Waals surface area contributed by atoms with Crippen LogP contribution in [-0.2, 0) is 6.42 Å². The molecule has 19 heavy (non-hydrogen) atoms. The fraction of sp³-hybridized carbons (Fsp3) is 0.765. The van der Waals surface area contributed by atoms with E-state index in [1.165, 1.54) is 43.4 Å². The zero-order valence-electron chi connectivity index (χ0n) is 12.7. The van der Waals surface area contributed by atoms with Crippen molar-refractivity contribution in [2.75, 3.05) is 6.54 Å². The van der Waals surface area contributed by atoms with Gasteiger partial charge in [0.15, 0.2) is 0 Å². The Bertz CT molecular complexity index is 371. The highest BCUT2D eigenvalue weighted by Crippen LogP contribution is 2.40. The van der Waals surface area contributed by atoms with Gasteiger partial charge in [0.1, 0.15) is 0 Å². The van der Waals surface area contributed by atoms with Crippen molar-refractivity contribution in [3.8, 4) is 0 Å². The summed E-state index contributed by atoms with van der Waals surface area (Å²) < 4.78 is 0. The van der Waals surface area contributed by atoms with Crippen molar-refractivity contribution in [3.05, 3.63) is 21.9 Å². The fourth-order valence-electron chi connectivity index (χ4n) is 3.48. The topological polar surface area (TPSA) is 12.0 Å². The van der Waals surface area contributed by atoms with Gasteiger partial charge in [-0.25, -0.2) is 0 Å². The second kappa shape index (κ2) is 7.44. The molecule has 2 rings (SSSR count).